The van der Waals surface area contributed by atoms with Gasteiger partial charge in [0.2, 0.25) is 5.91 Å². The summed E-state index contributed by atoms with van der Waals surface area (Å²) in [6.45, 7) is 2.46. The summed E-state index contributed by atoms with van der Waals surface area (Å²) in [6.07, 6.45) is 0.982. The zero-order valence-electron chi connectivity index (χ0n) is 14.1. The molecule has 0 radical (unpaired) electrons. The van der Waals surface area contributed by atoms with Crippen LogP contribution in [0.4, 0.5) is 0 Å². The molecule has 130 valence electrons. The van der Waals surface area contributed by atoms with Gasteiger partial charge in [-0.1, -0.05) is 12.1 Å². The number of fused-ring (bicyclic) bond motifs is 1. The summed E-state index contributed by atoms with van der Waals surface area (Å²) < 4.78 is 5.28. The highest BCUT2D eigenvalue weighted by Crippen LogP contribution is 2.50. The highest BCUT2D eigenvalue weighted by Gasteiger charge is 2.56. The Labute approximate surface area is 149 Å². The molecule has 0 unspecified atom stereocenters. The average Bonchev–Trinajstić information content (AvgIpc) is 3.08. The van der Waals surface area contributed by atoms with Gasteiger partial charge in [0.1, 0.15) is 17.5 Å². The van der Waals surface area contributed by atoms with Crippen LogP contribution in [0.5, 0.6) is 5.75 Å². The molecule has 1 saturated heterocycles. The van der Waals surface area contributed by atoms with Gasteiger partial charge in [-0.3, -0.25) is 9.59 Å². The second-order valence-electron chi connectivity index (χ2n) is 6.61. The molecule has 2 aliphatic rings. The van der Waals surface area contributed by atoms with Crippen molar-refractivity contribution in [2.24, 2.45) is 17.6 Å². The van der Waals surface area contributed by atoms with Gasteiger partial charge in [0.05, 0.1) is 17.0 Å². The molecule has 3 atom stereocenters. The number of thiazole rings is 1. The SMILES string of the molecule is COc1cccc(-c2sc(C)nc2C(=O)N2C[C@H]3C[C@H]3[C@H]2C(N)=O)c1. The quantitative estimate of drug-likeness (QED) is 0.908. The number of aryl methyl sites for hydroxylation is 1. The van der Waals surface area contributed by atoms with Crippen molar-refractivity contribution < 1.29 is 14.3 Å². The summed E-state index contributed by atoms with van der Waals surface area (Å²) in [4.78, 5) is 31.8. The fourth-order valence-electron chi connectivity index (χ4n) is 3.71. The van der Waals surface area contributed by atoms with E-state index >= 15 is 0 Å². The third kappa shape index (κ3) is 2.68. The Kier molecular flexibility index (Phi) is 3.76. The van der Waals surface area contributed by atoms with Crippen LogP contribution in [-0.2, 0) is 4.79 Å². The topological polar surface area (TPSA) is 85.5 Å². The predicted octanol–water partition coefficient (Wildman–Crippen LogP) is 2.07. The zero-order chi connectivity index (χ0) is 17.7. The van der Waals surface area contributed by atoms with Crippen molar-refractivity contribution in [2.75, 3.05) is 13.7 Å². The number of carbonyl (C=O) groups excluding carboxylic acids is 2. The Morgan fingerprint density at radius 1 is 1.40 bits per heavy atom. The van der Waals surface area contributed by atoms with E-state index in [4.69, 9.17) is 10.5 Å². The van der Waals surface area contributed by atoms with E-state index in [1.54, 1.807) is 12.0 Å². The van der Waals surface area contributed by atoms with Gasteiger partial charge in [-0.05, 0) is 42.9 Å². The van der Waals surface area contributed by atoms with Crippen molar-refractivity contribution in [2.45, 2.75) is 19.4 Å². The fourth-order valence-corrected chi connectivity index (χ4v) is 4.61. The first-order valence-corrected chi connectivity index (χ1v) is 9.03. The maximum Gasteiger partial charge on any atom is 0.274 e. The molecule has 1 saturated carbocycles. The molecule has 25 heavy (non-hydrogen) atoms. The number of carbonyl (C=O) groups is 2. The number of benzene rings is 1. The lowest BCUT2D eigenvalue weighted by molar-refractivity contribution is -0.122. The molecule has 2 amide bonds. The molecular formula is C18H19N3O3S. The van der Waals surface area contributed by atoms with E-state index < -0.39 is 11.9 Å². The molecule has 1 aromatic heterocycles. The van der Waals surface area contributed by atoms with E-state index in [9.17, 15) is 9.59 Å². The van der Waals surface area contributed by atoms with Crippen LogP contribution in [0.15, 0.2) is 24.3 Å². The van der Waals surface area contributed by atoms with Gasteiger partial charge < -0.3 is 15.4 Å². The molecule has 0 bridgehead atoms. The molecule has 1 aliphatic heterocycles. The van der Waals surface area contributed by atoms with Crippen molar-refractivity contribution in [3.05, 3.63) is 35.0 Å². The number of methoxy groups -OCH3 is 1. The van der Waals surface area contributed by atoms with Crippen LogP contribution >= 0.6 is 11.3 Å². The number of amides is 2. The standard InChI is InChI=1S/C18H19N3O3S/c1-9-20-14(16(25-9)10-4-3-5-12(6-10)24-2)18(23)21-8-11-7-13(11)15(21)17(19)22/h3-6,11,13,15H,7-8H2,1-2H3,(H2,19,22)/t11-,13-,15+/m1/s1. The molecule has 1 aliphatic carbocycles. The Hall–Kier alpha value is -2.41. The Morgan fingerprint density at radius 2 is 2.20 bits per heavy atom. The third-order valence-electron chi connectivity index (χ3n) is 4.97. The van der Waals surface area contributed by atoms with Crippen LogP contribution in [0.2, 0.25) is 0 Å². The number of likely N-dealkylation sites (tertiary alicyclic amines) is 1. The van der Waals surface area contributed by atoms with E-state index in [1.165, 1.54) is 11.3 Å². The summed E-state index contributed by atoms with van der Waals surface area (Å²) >= 11 is 1.47. The van der Waals surface area contributed by atoms with Gasteiger partial charge >= 0.3 is 0 Å². The molecule has 7 heteroatoms. The number of piperidine rings is 1. The fraction of sp³-hybridized carbons (Fsp3) is 0.389. The molecule has 6 nitrogen and oxygen atoms in total. The predicted molar refractivity (Wildman–Crippen MR) is 94.5 cm³/mol. The number of aromatic nitrogens is 1. The Morgan fingerprint density at radius 3 is 2.92 bits per heavy atom. The molecule has 0 spiro atoms. The van der Waals surface area contributed by atoms with E-state index in [1.807, 2.05) is 31.2 Å². The minimum absolute atomic E-state index is 0.210. The first-order chi connectivity index (χ1) is 12.0. The van der Waals surface area contributed by atoms with Crippen LogP contribution in [0.25, 0.3) is 10.4 Å². The number of hydrogen-bond acceptors (Lipinski definition) is 5. The van der Waals surface area contributed by atoms with Crippen LogP contribution < -0.4 is 10.5 Å². The lowest BCUT2D eigenvalue weighted by Crippen LogP contribution is -2.46. The highest BCUT2D eigenvalue weighted by atomic mass is 32.1. The van der Waals surface area contributed by atoms with Gasteiger partial charge in [0.15, 0.2) is 0 Å². The van der Waals surface area contributed by atoms with Gasteiger partial charge in [-0.2, -0.15) is 0 Å². The smallest absolute Gasteiger partial charge is 0.274 e. The molecule has 2 fully saturated rings. The number of nitrogens with zero attached hydrogens (tertiary/aromatic N) is 2. The Bertz CT molecular complexity index is 863. The maximum absolute atomic E-state index is 13.1. The summed E-state index contributed by atoms with van der Waals surface area (Å²) in [5.41, 5.74) is 6.82. The Balaban J connectivity index is 1.71. The number of rotatable bonds is 4. The number of hydrogen-bond donors (Lipinski definition) is 1. The normalized spacial score (nSPS) is 24.1. The van der Waals surface area contributed by atoms with Crippen molar-refractivity contribution in [3.63, 3.8) is 0 Å². The van der Waals surface area contributed by atoms with E-state index in [0.29, 0.717) is 18.2 Å². The van der Waals surface area contributed by atoms with Gasteiger partial charge in [0.25, 0.3) is 5.91 Å². The number of ether oxygens (including phenoxy) is 1. The van der Waals surface area contributed by atoms with E-state index in [-0.39, 0.29) is 11.8 Å². The highest BCUT2D eigenvalue weighted by molar-refractivity contribution is 7.15. The third-order valence-corrected chi connectivity index (χ3v) is 5.99. The summed E-state index contributed by atoms with van der Waals surface area (Å²) in [5, 5.41) is 0.807. The summed E-state index contributed by atoms with van der Waals surface area (Å²) in [5.74, 6) is 0.716. The molecular weight excluding hydrogens is 338 g/mol. The molecule has 2 aromatic rings. The summed E-state index contributed by atoms with van der Waals surface area (Å²) in [6, 6.07) is 7.05. The van der Waals surface area contributed by atoms with Gasteiger partial charge in [0, 0.05) is 6.54 Å². The number of primary amides is 1. The van der Waals surface area contributed by atoms with E-state index in [0.717, 1.165) is 27.6 Å². The molecule has 1 aromatic carbocycles. The second-order valence-corrected chi connectivity index (χ2v) is 7.81. The molecule has 2 heterocycles. The number of nitrogens with two attached hydrogens (primary N) is 1. The summed E-state index contributed by atoms with van der Waals surface area (Å²) in [7, 11) is 1.61. The molecule has 2 N–H and O–H groups in total. The van der Waals surface area contributed by atoms with Crippen LogP contribution in [0.3, 0.4) is 0 Å². The minimum atomic E-state index is -0.502. The largest absolute Gasteiger partial charge is 0.497 e. The first kappa shape index (κ1) is 16.1. The molecule has 4 rings (SSSR count). The van der Waals surface area contributed by atoms with Gasteiger partial charge in [-0.15, -0.1) is 11.3 Å². The lowest BCUT2D eigenvalue weighted by Gasteiger charge is -2.24. The first-order valence-electron chi connectivity index (χ1n) is 8.21. The van der Waals surface area contributed by atoms with Crippen LogP contribution in [0.1, 0.15) is 21.9 Å². The van der Waals surface area contributed by atoms with Crippen molar-refractivity contribution >= 4 is 23.2 Å². The van der Waals surface area contributed by atoms with E-state index in [2.05, 4.69) is 4.98 Å². The second kappa shape index (κ2) is 5.84. The minimum Gasteiger partial charge on any atom is -0.497 e. The van der Waals surface area contributed by atoms with Crippen molar-refractivity contribution in [3.8, 4) is 16.2 Å². The van der Waals surface area contributed by atoms with Crippen LogP contribution in [-0.4, -0.2) is 41.4 Å². The van der Waals surface area contributed by atoms with Crippen molar-refractivity contribution in [1.29, 1.82) is 0 Å². The van der Waals surface area contributed by atoms with Crippen molar-refractivity contribution in [1.82, 2.24) is 9.88 Å². The zero-order valence-corrected chi connectivity index (χ0v) is 14.9. The monoisotopic (exact) mass is 357 g/mol. The lowest BCUT2D eigenvalue weighted by atomic mass is 10.1. The van der Waals surface area contributed by atoms with Gasteiger partial charge in [-0.25, -0.2) is 4.98 Å². The van der Waals surface area contributed by atoms with Crippen LogP contribution in [0, 0.1) is 18.8 Å². The maximum atomic E-state index is 13.1. The average molecular weight is 357 g/mol.